The van der Waals surface area contributed by atoms with E-state index in [1.807, 2.05) is 18.2 Å². The molecule has 1 N–H and O–H groups in total. The number of rotatable bonds is 3. The van der Waals surface area contributed by atoms with Gasteiger partial charge in [-0.1, -0.05) is 45.2 Å². The lowest BCUT2D eigenvalue weighted by molar-refractivity contribution is 0.163. The van der Waals surface area contributed by atoms with Gasteiger partial charge < -0.3 is 10.1 Å². The fourth-order valence-corrected chi connectivity index (χ4v) is 3.50. The molecule has 2 rings (SSSR count). The summed E-state index contributed by atoms with van der Waals surface area (Å²) in [5.41, 5.74) is 1.45. The highest BCUT2D eigenvalue weighted by Gasteiger charge is 2.34. The second-order valence-corrected chi connectivity index (χ2v) is 7.26. The summed E-state index contributed by atoms with van der Waals surface area (Å²) >= 11 is 6.09. The molecule has 20 heavy (non-hydrogen) atoms. The summed E-state index contributed by atoms with van der Waals surface area (Å²) < 4.78 is 5.30. The highest BCUT2D eigenvalue weighted by atomic mass is 35.5. The van der Waals surface area contributed by atoms with Crippen LogP contribution >= 0.6 is 11.6 Å². The molecule has 2 atom stereocenters. The molecule has 0 heterocycles. The Kier molecular flexibility index (Phi) is 4.85. The highest BCUT2D eigenvalue weighted by molar-refractivity contribution is 6.32. The fraction of sp³-hybridized carbons (Fsp3) is 0.647. The summed E-state index contributed by atoms with van der Waals surface area (Å²) in [5, 5.41) is 4.36. The van der Waals surface area contributed by atoms with Crippen molar-refractivity contribution in [3.63, 3.8) is 0 Å². The van der Waals surface area contributed by atoms with Gasteiger partial charge in [-0.25, -0.2) is 0 Å². The maximum Gasteiger partial charge on any atom is 0.139 e. The summed E-state index contributed by atoms with van der Waals surface area (Å²) in [6.45, 7) is 7.04. The van der Waals surface area contributed by atoms with E-state index >= 15 is 0 Å². The van der Waals surface area contributed by atoms with Crippen LogP contribution in [0.15, 0.2) is 18.2 Å². The average Bonchev–Trinajstić information content (AvgIpc) is 2.40. The minimum Gasteiger partial charge on any atom is -0.495 e. The van der Waals surface area contributed by atoms with E-state index in [1.165, 1.54) is 25.7 Å². The van der Waals surface area contributed by atoms with Gasteiger partial charge >= 0.3 is 0 Å². The molecule has 0 aliphatic heterocycles. The number of anilines is 1. The zero-order chi connectivity index (χ0) is 14.8. The molecule has 2 nitrogen and oxygen atoms in total. The van der Waals surface area contributed by atoms with E-state index in [2.05, 4.69) is 26.1 Å². The first-order valence-corrected chi connectivity index (χ1v) is 7.89. The van der Waals surface area contributed by atoms with Crippen LogP contribution in [0.5, 0.6) is 5.75 Å². The number of halogens is 1. The second-order valence-electron chi connectivity index (χ2n) is 6.86. The van der Waals surface area contributed by atoms with Crippen molar-refractivity contribution >= 4 is 17.3 Å². The van der Waals surface area contributed by atoms with Crippen molar-refractivity contribution in [1.29, 1.82) is 0 Å². The molecule has 112 valence electrons. The first kappa shape index (κ1) is 15.5. The lowest BCUT2D eigenvalue weighted by Crippen LogP contribution is -2.39. The normalized spacial score (nSPS) is 23.4. The van der Waals surface area contributed by atoms with E-state index in [1.54, 1.807) is 7.11 Å². The van der Waals surface area contributed by atoms with Crippen LogP contribution in [0.1, 0.15) is 46.5 Å². The Labute approximate surface area is 127 Å². The number of methoxy groups -OCH3 is 1. The van der Waals surface area contributed by atoms with Crippen molar-refractivity contribution in [2.24, 2.45) is 11.3 Å². The standard InChI is InChI=1S/C17H26ClNO/c1-17(2,3)13-7-5-6-8-15(13)19-12-9-10-14(18)16(11-12)20-4/h9-11,13,15,19H,5-8H2,1-4H3. The molecule has 0 radical (unpaired) electrons. The molecule has 0 saturated heterocycles. The van der Waals surface area contributed by atoms with Crippen LogP contribution in [0, 0.1) is 11.3 Å². The molecule has 1 aliphatic rings. The van der Waals surface area contributed by atoms with E-state index in [-0.39, 0.29) is 0 Å². The topological polar surface area (TPSA) is 21.3 Å². The van der Waals surface area contributed by atoms with Gasteiger partial charge in [0, 0.05) is 17.8 Å². The number of ether oxygens (including phenoxy) is 1. The van der Waals surface area contributed by atoms with E-state index in [4.69, 9.17) is 16.3 Å². The Morgan fingerprint density at radius 3 is 2.55 bits per heavy atom. The minimum absolute atomic E-state index is 0.342. The Bertz CT molecular complexity index is 453. The molecule has 1 aliphatic carbocycles. The van der Waals surface area contributed by atoms with Crippen molar-refractivity contribution in [2.45, 2.75) is 52.5 Å². The second kappa shape index (κ2) is 6.26. The van der Waals surface area contributed by atoms with Crippen molar-refractivity contribution in [1.82, 2.24) is 0 Å². The summed E-state index contributed by atoms with van der Waals surface area (Å²) in [7, 11) is 1.66. The van der Waals surface area contributed by atoms with Gasteiger partial charge in [0.25, 0.3) is 0 Å². The zero-order valence-corrected chi connectivity index (χ0v) is 13.8. The molecular weight excluding hydrogens is 270 g/mol. The Morgan fingerprint density at radius 2 is 1.90 bits per heavy atom. The van der Waals surface area contributed by atoms with Crippen LogP contribution in [-0.4, -0.2) is 13.2 Å². The van der Waals surface area contributed by atoms with Crippen LogP contribution in [0.4, 0.5) is 5.69 Å². The minimum atomic E-state index is 0.342. The third-order valence-electron chi connectivity index (χ3n) is 4.38. The zero-order valence-electron chi connectivity index (χ0n) is 13.0. The van der Waals surface area contributed by atoms with Crippen LogP contribution in [0.2, 0.25) is 5.02 Å². The van der Waals surface area contributed by atoms with Crippen molar-refractivity contribution in [3.8, 4) is 5.75 Å². The Morgan fingerprint density at radius 1 is 1.20 bits per heavy atom. The van der Waals surface area contributed by atoms with E-state index < -0.39 is 0 Å². The number of hydrogen-bond donors (Lipinski definition) is 1. The van der Waals surface area contributed by atoms with E-state index in [9.17, 15) is 0 Å². The molecule has 1 aromatic rings. The summed E-state index contributed by atoms with van der Waals surface area (Å²) in [6, 6.07) is 6.47. The molecule has 2 unspecified atom stereocenters. The highest BCUT2D eigenvalue weighted by Crippen LogP contribution is 2.39. The van der Waals surface area contributed by atoms with Gasteiger partial charge in [-0.15, -0.1) is 0 Å². The molecule has 1 saturated carbocycles. The Balaban J connectivity index is 2.14. The molecule has 1 fully saturated rings. The molecule has 0 spiro atoms. The first-order valence-electron chi connectivity index (χ1n) is 7.52. The van der Waals surface area contributed by atoms with Crippen LogP contribution < -0.4 is 10.1 Å². The fourth-order valence-electron chi connectivity index (χ4n) is 3.30. The van der Waals surface area contributed by atoms with Crippen LogP contribution in [0.3, 0.4) is 0 Å². The molecule has 0 aromatic heterocycles. The van der Waals surface area contributed by atoms with Gasteiger partial charge in [-0.3, -0.25) is 0 Å². The van der Waals surface area contributed by atoms with Crippen LogP contribution in [0.25, 0.3) is 0 Å². The quantitative estimate of drug-likeness (QED) is 0.810. The van der Waals surface area contributed by atoms with Gasteiger partial charge in [-0.2, -0.15) is 0 Å². The molecular formula is C17H26ClNO. The lowest BCUT2D eigenvalue weighted by Gasteiger charge is -2.41. The lowest BCUT2D eigenvalue weighted by atomic mass is 9.69. The summed E-state index contributed by atoms with van der Waals surface area (Å²) in [5.74, 6) is 1.44. The molecule has 0 amide bonds. The first-order chi connectivity index (χ1) is 9.41. The third kappa shape index (κ3) is 3.60. The number of nitrogens with one attached hydrogen (secondary N) is 1. The Hall–Kier alpha value is -0.890. The predicted molar refractivity (Wildman–Crippen MR) is 86.8 cm³/mol. The van der Waals surface area contributed by atoms with Crippen molar-refractivity contribution in [2.75, 3.05) is 12.4 Å². The summed E-state index contributed by atoms with van der Waals surface area (Å²) in [6.07, 6.45) is 5.22. The number of benzene rings is 1. The largest absolute Gasteiger partial charge is 0.495 e. The smallest absolute Gasteiger partial charge is 0.139 e. The maximum absolute atomic E-state index is 6.09. The van der Waals surface area contributed by atoms with Crippen molar-refractivity contribution in [3.05, 3.63) is 23.2 Å². The van der Waals surface area contributed by atoms with Gasteiger partial charge in [0.2, 0.25) is 0 Å². The number of hydrogen-bond acceptors (Lipinski definition) is 2. The molecule has 1 aromatic carbocycles. The maximum atomic E-state index is 6.09. The monoisotopic (exact) mass is 295 g/mol. The predicted octanol–water partition coefficient (Wildman–Crippen LogP) is 5.37. The van der Waals surface area contributed by atoms with Crippen molar-refractivity contribution < 1.29 is 4.74 Å². The molecule has 3 heteroatoms. The van der Waals surface area contributed by atoms with Gasteiger partial charge in [-0.05, 0) is 36.3 Å². The van der Waals surface area contributed by atoms with E-state index in [0.717, 1.165) is 11.4 Å². The SMILES string of the molecule is COc1cc(NC2CCCCC2C(C)(C)C)ccc1Cl. The average molecular weight is 296 g/mol. The van der Waals surface area contributed by atoms with Gasteiger partial charge in [0.15, 0.2) is 0 Å². The third-order valence-corrected chi connectivity index (χ3v) is 4.69. The molecule has 0 bridgehead atoms. The van der Waals surface area contributed by atoms with E-state index in [0.29, 0.717) is 22.4 Å². The van der Waals surface area contributed by atoms with Gasteiger partial charge in [0.05, 0.1) is 12.1 Å². The van der Waals surface area contributed by atoms with Gasteiger partial charge in [0.1, 0.15) is 5.75 Å². The van der Waals surface area contributed by atoms with Crippen LogP contribution in [-0.2, 0) is 0 Å². The summed E-state index contributed by atoms with van der Waals surface area (Å²) in [4.78, 5) is 0.